The van der Waals surface area contributed by atoms with E-state index in [4.69, 9.17) is 5.73 Å². The molecule has 0 aromatic heterocycles. The largest absolute Gasteiger partial charge is 0.390 e. The van der Waals surface area contributed by atoms with Crippen molar-refractivity contribution >= 4 is 11.6 Å². The highest BCUT2D eigenvalue weighted by Crippen LogP contribution is 2.70. The quantitative estimate of drug-likeness (QED) is 0.510. The van der Waals surface area contributed by atoms with Gasteiger partial charge in [0.1, 0.15) is 5.60 Å². The van der Waals surface area contributed by atoms with Gasteiger partial charge in [0, 0.05) is 16.7 Å². The summed E-state index contributed by atoms with van der Waals surface area (Å²) in [6.45, 7) is 5.14. The number of hydrogen-bond acceptors (Lipinski definition) is 6. The van der Waals surface area contributed by atoms with Crippen LogP contribution in [0, 0.1) is 28.6 Å². The van der Waals surface area contributed by atoms with Gasteiger partial charge in [0.2, 0.25) is 5.78 Å². The zero-order chi connectivity index (χ0) is 21.6. The lowest BCUT2D eigenvalue weighted by Gasteiger charge is -2.62. The maximum absolute atomic E-state index is 16.9. The zero-order valence-corrected chi connectivity index (χ0v) is 17.1. The first kappa shape index (κ1) is 20.8. The summed E-state index contributed by atoms with van der Waals surface area (Å²) < 4.78 is 16.9. The van der Waals surface area contributed by atoms with E-state index in [9.17, 15) is 24.9 Å². The average molecular weight is 407 g/mol. The molecule has 4 aliphatic carbocycles. The molecule has 0 spiro atoms. The Kier molecular flexibility index (Phi) is 4.36. The molecule has 160 valence electrons. The normalized spacial score (nSPS) is 52.3. The van der Waals surface area contributed by atoms with Crippen LogP contribution in [-0.2, 0) is 9.59 Å². The standard InChI is InChI=1S/C22H30FNO5/c1-11-8-15-14-5-4-12-9-13(25)6-7-19(12,2)21(14,23)16(26)10-20(15,3)22(11,29)17(27)18(24)28/h6-7,9,11,14-16,18,26,28-29H,4-5,8,10,24H2,1-3H3/t11-,14+,15+,16+,18?,19+,20+,21+,22+/m1/s1. The van der Waals surface area contributed by atoms with E-state index in [0.29, 0.717) is 24.8 Å². The molecule has 1 unspecified atom stereocenters. The summed E-state index contributed by atoms with van der Waals surface area (Å²) >= 11 is 0. The van der Waals surface area contributed by atoms with Gasteiger partial charge >= 0.3 is 0 Å². The van der Waals surface area contributed by atoms with Crippen LogP contribution in [0.4, 0.5) is 4.39 Å². The summed E-state index contributed by atoms with van der Waals surface area (Å²) in [5.41, 5.74) is -0.0955. The number of hydrogen-bond donors (Lipinski definition) is 4. The highest BCUT2D eigenvalue weighted by molar-refractivity contribution is 6.01. The molecule has 5 N–H and O–H groups in total. The fourth-order valence-electron chi connectivity index (χ4n) is 7.30. The Balaban J connectivity index is 1.83. The molecule has 7 heteroatoms. The molecule has 0 aromatic rings. The van der Waals surface area contributed by atoms with Crippen LogP contribution in [0.25, 0.3) is 0 Å². The molecule has 6 nitrogen and oxygen atoms in total. The van der Waals surface area contributed by atoms with Crippen molar-refractivity contribution in [2.24, 2.45) is 34.3 Å². The minimum atomic E-state index is -2.02. The Labute approximate surface area is 169 Å². The van der Waals surface area contributed by atoms with Gasteiger partial charge in [-0.05, 0) is 56.6 Å². The number of carbonyl (C=O) groups is 2. The first-order chi connectivity index (χ1) is 13.3. The van der Waals surface area contributed by atoms with Crippen molar-refractivity contribution in [2.75, 3.05) is 0 Å². The second kappa shape index (κ2) is 6.06. The fraction of sp³-hybridized carbons (Fsp3) is 0.727. The molecular weight excluding hydrogens is 377 g/mol. The van der Waals surface area contributed by atoms with E-state index in [-0.39, 0.29) is 18.1 Å². The van der Waals surface area contributed by atoms with Crippen molar-refractivity contribution in [1.82, 2.24) is 0 Å². The van der Waals surface area contributed by atoms with Crippen LogP contribution >= 0.6 is 0 Å². The Morgan fingerprint density at radius 1 is 1.34 bits per heavy atom. The van der Waals surface area contributed by atoms with Crippen molar-refractivity contribution in [1.29, 1.82) is 0 Å². The second-order valence-corrected chi connectivity index (χ2v) is 9.98. The zero-order valence-electron chi connectivity index (χ0n) is 17.1. The molecule has 4 aliphatic rings. The van der Waals surface area contributed by atoms with Gasteiger partial charge in [-0.15, -0.1) is 0 Å². The van der Waals surface area contributed by atoms with Gasteiger partial charge in [-0.1, -0.05) is 25.5 Å². The van der Waals surface area contributed by atoms with Crippen molar-refractivity contribution in [3.63, 3.8) is 0 Å². The molecule has 0 bridgehead atoms. The molecule has 0 aromatic carbocycles. The number of rotatable bonds is 2. The number of aliphatic hydroxyl groups excluding tert-OH is 2. The Morgan fingerprint density at radius 3 is 2.62 bits per heavy atom. The predicted molar refractivity (Wildman–Crippen MR) is 103 cm³/mol. The van der Waals surface area contributed by atoms with E-state index in [1.807, 2.05) is 0 Å². The van der Waals surface area contributed by atoms with E-state index < -0.39 is 52.1 Å². The highest BCUT2D eigenvalue weighted by Gasteiger charge is 2.75. The Morgan fingerprint density at radius 2 is 2.00 bits per heavy atom. The third-order valence-electron chi connectivity index (χ3n) is 8.87. The van der Waals surface area contributed by atoms with Crippen LogP contribution < -0.4 is 5.73 Å². The summed E-state index contributed by atoms with van der Waals surface area (Å²) in [5.74, 6) is -2.57. The van der Waals surface area contributed by atoms with Crippen LogP contribution in [0.3, 0.4) is 0 Å². The minimum absolute atomic E-state index is 0.130. The van der Waals surface area contributed by atoms with Gasteiger partial charge < -0.3 is 15.3 Å². The molecule has 9 atom stereocenters. The van der Waals surface area contributed by atoms with Gasteiger partial charge in [0.25, 0.3) is 0 Å². The highest BCUT2D eigenvalue weighted by atomic mass is 19.1. The summed E-state index contributed by atoms with van der Waals surface area (Å²) in [6, 6.07) is 0. The number of ketones is 2. The van der Waals surface area contributed by atoms with Gasteiger partial charge in [-0.25, -0.2) is 4.39 Å². The lowest BCUT2D eigenvalue weighted by atomic mass is 9.44. The van der Waals surface area contributed by atoms with E-state index in [1.165, 1.54) is 12.2 Å². The molecule has 3 fully saturated rings. The third kappa shape index (κ3) is 2.25. The smallest absolute Gasteiger partial charge is 0.208 e. The molecule has 4 rings (SSSR count). The molecule has 0 amide bonds. The molecule has 0 aliphatic heterocycles. The number of aliphatic hydroxyl groups is 3. The van der Waals surface area contributed by atoms with Crippen LogP contribution in [-0.4, -0.2) is 50.5 Å². The van der Waals surface area contributed by atoms with Crippen LogP contribution in [0.15, 0.2) is 23.8 Å². The second-order valence-electron chi connectivity index (χ2n) is 9.98. The van der Waals surface area contributed by atoms with Crippen LogP contribution in [0.2, 0.25) is 0 Å². The Hall–Kier alpha value is -1.41. The van der Waals surface area contributed by atoms with E-state index in [0.717, 1.165) is 0 Å². The topological polar surface area (TPSA) is 121 Å². The van der Waals surface area contributed by atoms with E-state index >= 15 is 4.39 Å². The van der Waals surface area contributed by atoms with E-state index in [1.54, 1.807) is 26.8 Å². The van der Waals surface area contributed by atoms with Crippen molar-refractivity contribution in [3.8, 4) is 0 Å². The molecule has 0 radical (unpaired) electrons. The number of carbonyl (C=O) groups excluding carboxylic acids is 2. The van der Waals surface area contributed by atoms with Gasteiger partial charge in [-0.3, -0.25) is 15.3 Å². The van der Waals surface area contributed by atoms with Crippen molar-refractivity contribution < 1.29 is 29.3 Å². The summed E-state index contributed by atoms with van der Waals surface area (Å²) in [7, 11) is 0. The number of nitrogens with two attached hydrogens (primary N) is 1. The first-order valence-corrected chi connectivity index (χ1v) is 10.4. The van der Waals surface area contributed by atoms with E-state index in [2.05, 4.69) is 0 Å². The Bertz CT molecular complexity index is 839. The summed E-state index contributed by atoms with van der Waals surface area (Å²) in [6.07, 6.45) is 2.32. The molecule has 29 heavy (non-hydrogen) atoms. The number of allylic oxidation sites excluding steroid dienone is 4. The molecule has 3 saturated carbocycles. The number of fused-ring (bicyclic) bond motifs is 5. The molecule has 0 heterocycles. The molecule has 0 saturated heterocycles. The monoisotopic (exact) mass is 407 g/mol. The minimum Gasteiger partial charge on any atom is -0.390 e. The first-order valence-electron chi connectivity index (χ1n) is 10.4. The third-order valence-corrected chi connectivity index (χ3v) is 8.87. The lowest BCUT2D eigenvalue weighted by molar-refractivity contribution is -0.221. The average Bonchev–Trinajstić information content (AvgIpc) is 2.84. The predicted octanol–water partition coefficient (Wildman–Crippen LogP) is 1.18. The molecular formula is C22H30FNO5. The number of halogens is 1. The van der Waals surface area contributed by atoms with Crippen molar-refractivity contribution in [3.05, 3.63) is 23.8 Å². The lowest BCUT2D eigenvalue weighted by Crippen LogP contribution is -2.70. The maximum atomic E-state index is 16.9. The maximum Gasteiger partial charge on any atom is 0.208 e. The van der Waals surface area contributed by atoms with Crippen molar-refractivity contribution in [2.45, 2.75) is 70.1 Å². The SMILES string of the molecule is C[C@@H]1C[C@H]2[C@@H]3CCC4=CC(=O)C=C[C@]4(C)[C@@]3(F)[C@@H](O)C[C@]2(C)[C@@]1(O)C(=O)C(N)O. The fourth-order valence-corrected chi connectivity index (χ4v) is 7.30. The van der Waals surface area contributed by atoms with Gasteiger partial charge in [0.15, 0.2) is 17.7 Å². The summed E-state index contributed by atoms with van der Waals surface area (Å²) in [4.78, 5) is 24.6. The summed E-state index contributed by atoms with van der Waals surface area (Å²) in [5, 5.41) is 32.4. The number of Topliss-reactive ketones (excluding diaryl/α,β-unsaturated/α-hetero) is 1. The van der Waals surface area contributed by atoms with Crippen LogP contribution in [0.5, 0.6) is 0 Å². The van der Waals surface area contributed by atoms with Crippen LogP contribution in [0.1, 0.15) is 46.5 Å². The number of alkyl halides is 1. The van der Waals surface area contributed by atoms with Gasteiger partial charge in [0.05, 0.1) is 6.10 Å². The van der Waals surface area contributed by atoms with Gasteiger partial charge in [-0.2, -0.15) is 0 Å².